The first-order valence-electron chi connectivity index (χ1n) is 9.97. The van der Waals surface area contributed by atoms with E-state index in [1.807, 2.05) is 4.90 Å². The zero-order valence-electron chi connectivity index (χ0n) is 16.0. The Morgan fingerprint density at radius 3 is 2.41 bits per heavy atom. The van der Waals surface area contributed by atoms with Gasteiger partial charge < -0.3 is 10.2 Å². The normalized spacial score (nSPS) is 15.8. The number of alkyl halides is 3. The average molecular weight is 385 g/mol. The minimum Gasteiger partial charge on any atom is -0.356 e. The largest absolute Gasteiger partial charge is 0.417 e. The molecule has 0 atom stereocenters. The topological polar surface area (TPSA) is 45.2 Å². The Balaban J connectivity index is 1.67. The summed E-state index contributed by atoms with van der Waals surface area (Å²) in [6.07, 6.45) is 5.62. The number of nitrogens with one attached hydrogen (secondary N) is 1. The van der Waals surface area contributed by atoms with Crippen molar-refractivity contribution >= 4 is 11.7 Å². The summed E-state index contributed by atoms with van der Waals surface area (Å²) in [5.74, 6) is 0.663. The molecule has 1 N–H and O–H groups in total. The molecular formula is C20H30F3N3O. The van der Waals surface area contributed by atoms with Gasteiger partial charge in [0.15, 0.2) is 0 Å². The van der Waals surface area contributed by atoms with Gasteiger partial charge in [-0.2, -0.15) is 13.2 Å². The number of piperidine rings is 1. The highest BCUT2D eigenvalue weighted by molar-refractivity contribution is 5.76. The number of nitrogens with zero attached hydrogens (tertiary/aromatic N) is 2. The van der Waals surface area contributed by atoms with Crippen LogP contribution in [-0.2, 0) is 11.0 Å². The molecule has 0 unspecified atom stereocenters. The van der Waals surface area contributed by atoms with Gasteiger partial charge in [0.1, 0.15) is 5.82 Å². The van der Waals surface area contributed by atoms with Crippen LogP contribution >= 0.6 is 0 Å². The van der Waals surface area contributed by atoms with Crippen LogP contribution < -0.4 is 10.2 Å². The zero-order chi connectivity index (χ0) is 19.7. The van der Waals surface area contributed by atoms with E-state index in [1.54, 1.807) is 0 Å². The molecule has 0 spiro atoms. The van der Waals surface area contributed by atoms with Crippen LogP contribution in [0.25, 0.3) is 0 Å². The summed E-state index contributed by atoms with van der Waals surface area (Å²) < 4.78 is 37.8. The van der Waals surface area contributed by atoms with E-state index >= 15 is 0 Å². The van der Waals surface area contributed by atoms with Crippen LogP contribution in [0.15, 0.2) is 18.3 Å². The van der Waals surface area contributed by atoms with Crippen LogP contribution in [0.1, 0.15) is 70.3 Å². The van der Waals surface area contributed by atoms with Crippen molar-refractivity contribution in [2.24, 2.45) is 0 Å². The SMILES string of the molecule is CCCCCCCCC(=O)NC1CCN(c2ccc(C(F)(F)F)cn2)CC1. The van der Waals surface area contributed by atoms with Gasteiger partial charge in [0.25, 0.3) is 0 Å². The molecule has 0 bridgehead atoms. The summed E-state index contributed by atoms with van der Waals surface area (Å²) in [5.41, 5.74) is -0.733. The predicted octanol–water partition coefficient (Wildman–Crippen LogP) is 4.94. The quantitative estimate of drug-likeness (QED) is 0.613. The minimum absolute atomic E-state index is 0.108. The Kier molecular flexibility index (Phi) is 8.38. The molecule has 1 aromatic heterocycles. The zero-order valence-corrected chi connectivity index (χ0v) is 16.0. The molecule has 2 rings (SSSR count). The molecule has 152 valence electrons. The molecule has 1 aliphatic rings. The van der Waals surface area contributed by atoms with Crippen molar-refractivity contribution in [1.82, 2.24) is 10.3 Å². The van der Waals surface area contributed by atoms with Crippen molar-refractivity contribution < 1.29 is 18.0 Å². The second-order valence-corrected chi connectivity index (χ2v) is 7.25. The standard InChI is InChI=1S/C20H30F3N3O/c1-2-3-4-5-6-7-8-19(27)25-17-11-13-26(14-12-17)18-10-9-16(15-24-18)20(21,22)23/h9-10,15,17H,2-8,11-14H2,1H3,(H,25,27). The molecule has 7 heteroatoms. The summed E-state index contributed by atoms with van der Waals surface area (Å²) in [6.45, 7) is 3.55. The maximum Gasteiger partial charge on any atom is 0.417 e. The molecule has 0 aliphatic carbocycles. The number of aromatic nitrogens is 1. The van der Waals surface area contributed by atoms with Crippen molar-refractivity contribution in [3.63, 3.8) is 0 Å². The molecule has 1 fully saturated rings. The first-order valence-corrected chi connectivity index (χ1v) is 9.97. The van der Waals surface area contributed by atoms with E-state index < -0.39 is 11.7 Å². The third-order valence-electron chi connectivity index (χ3n) is 5.02. The van der Waals surface area contributed by atoms with Crippen LogP contribution in [-0.4, -0.2) is 30.0 Å². The number of anilines is 1. The maximum atomic E-state index is 12.6. The molecular weight excluding hydrogens is 355 g/mol. The number of rotatable bonds is 9. The van der Waals surface area contributed by atoms with Crippen molar-refractivity contribution in [3.05, 3.63) is 23.9 Å². The van der Waals surface area contributed by atoms with E-state index in [9.17, 15) is 18.0 Å². The number of carbonyl (C=O) groups is 1. The highest BCUT2D eigenvalue weighted by Crippen LogP contribution is 2.29. The second-order valence-electron chi connectivity index (χ2n) is 7.25. The number of carbonyl (C=O) groups excluding carboxylic acids is 1. The second kappa shape index (κ2) is 10.5. The number of halogens is 3. The fraction of sp³-hybridized carbons (Fsp3) is 0.700. The molecule has 1 amide bonds. The lowest BCUT2D eigenvalue weighted by molar-refractivity contribution is -0.137. The van der Waals surface area contributed by atoms with E-state index in [0.717, 1.165) is 37.9 Å². The molecule has 0 radical (unpaired) electrons. The maximum absolute atomic E-state index is 12.6. The Hall–Kier alpha value is -1.79. The van der Waals surface area contributed by atoms with E-state index in [1.165, 1.54) is 31.7 Å². The summed E-state index contributed by atoms with van der Waals surface area (Å²) in [4.78, 5) is 18.0. The van der Waals surface area contributed by atoms with Crippen LogP contribution in [0.3, 0.4) is 0 Å². The number of pyridine rings is 1. The molecule has 0 aromatic carbocycles. The fourth-order valence-corrected chi connectivity index (χ4v) is 3.36. The first-order chi connectivity index (χ1) is 12.9. The Morgan fingerprint density at radius 2 is 1.81 bits per heavy atom. The smallest absolute Gasteiger partial charge is 0.356 e. The van der Waals surface area contributed by atoms with Gasteiger partial charge in [-0.3, -0.25) is 4.79 Å². The van der Waals surface area contributed by atoms with Gasteiger partial charge in [-0.1, -0.05) is 39.0 Å². The van der Waals surface area contributed by atoms with Gasteiger partial charge in [-0.15, -0.1) is 0 Å². The van der Waals surface area contributed by atoms with E-state index in [-0.39, 0.29) is 11.9 Å². The van der Waals surface area contributed by atoms with Gasteiger partial charge >= 0.3 is 6.18 Å². The third kappa shape index (κ3) is 7.39. The number of hydrogen-bond donors (Lipinski definition) is 1. The fourth-order valence-electron chi connectivity index (χ4n) is 3.36. The highest BCUT2D eigenvalue weighted by Gasteiger charge is 2.31. The van der Waals surface area contributed by atoms with Crippen molar-refractivity contribution in [2.75, 3.05) is 18.0 Å². The van der Waals surface area contributed by atoms with Gasteiger partial charge in [-0.05, 0) is 31.4 Å². The third-order valence-corrected chi connectivity index (χ3v) is 5.02. The van der Waals surface area contributed by atoms with E-state index in [0.29, 0.717) is 25.3 Å². The summed E-state index contributed by atoms with van der Waals surface area (Å²) in [7, 11) is 0. The minimum atomic E-state index is -4.36. The van der Waals surface area contributed by atoms with Gasteiger partial charge in [0.2, 0.25) is 5.91 Å². The summed E-state index contributed by atoms with van der Waals surface area (Å²) in [6, 6.07) is 2.63. The highest BCUT2D eigenvalue weighted by atomic mass is 19.4. The van der Waals surface area contributed by atoms with E-state index in [2.05, 4.69) is 17.2 Å². The molecule has 2 heterocycles. The number of hydrogen-bond acceptors (Lipinski definition) is 3. The summed E-state index contributed by atoms with van der Waals surface area (Å²) >= 11 is 0. The summed E-state index contributed by atoms with van der Waals surface area (Å²) in [5, 5.41) is 3.09. The molecule has 1 aromatic rings. The molecule has 0 saturated carbocycles. The Morgan fingerprint density at radius 1 is 1.15 bits per heavy atom. The van der Waals surface area contributed by atoms with Gasteiger partial charge in [-0.25, -0.2) is 4.98 Å². The molecule has 4 nitrogen and oxygen atoms in total. The van der Waals surface area contributed by atoms with E-state index in [4.69, 9.17) is 0 Å². The van der Waals surface area contributed by atoms with Crippen LogP contribution in [0.4, 0.5) is 19.0 Å². The first kappa shape index (κ1) is 21.5. The molecule has 1 aliphatic heterocycles. The lowest BCUT2D eigenvalue weighted by Crippen LogP contribution is -2.44. The molecule has 1 saturated heterocycles. The Labute approximate surface area is 159 Å². The van der Waals surface area contributed by atoms with Crippen molar-refractivity contribution in [3.8, 4) is 0 Å². The predicted molar refractivity (Wildman–Crippen MR) is 101 cm³/mol. The van der Waals surface area contributed by atoms with Crippen molar-refractivity contribution in [2.45, 2.75) is 76.9 Å². The van der Waals surface area contributed by atoms with Crippen LogP contribution in [0.5, 0.6) is 0 Å². The monoisotopic (exact) mass is 385 g/mol. The number of unbranched alkanes of at least 4 members (excludes halogenated alkanes) is 5. The average Bonchev–Trinajstić information content (AvgIpc) is 2.64. The number of amides is 1. The van der Waals surface area contributed by atoms with Crippen molar-refractivity contribution in [1.29, 1.82) is 0 Å². The van der Waals surface area contributed by atoms with Gasteiger partial charge in [0.05, 0.1) is 5.56 Å². The lowest BCUT2D eigenvalue weighted by Gasteiger charge is -2.33. The van der Waals surface area contributed by atoms with Crippen LogP contribution in [0, 0.1) is 0 Å². The molecule has 27 heavy (non-hydrogen) atoms. The van der Waals surface area contributed by atoms with Gasteiger partial charge in [0, 0.05) is 31.7 Å². The Bertz CT molecular complexity index is 567. The lowest BCUT2D eigenvalue weighted by atomic mass is 10.0. The van der Waals surface area contributed by atoms with Crippen LogP contribution in [0.2, 0.25) is 0 Å².